The molecular weight excluding hydrogens is 188 g/mol. The topological polar surface area (TPSA) is 55.0 Å². The Balaban J connectivity index is 2.07. The average molecular weight is 206 g/mol. The molecule has 1 heterocycles. The highest BCUT2D eigenvalue weighted by Crippen LogP contribution is 2.29. The smallest absolute Gasteiger partial charge is 0.225 e. The first kappa shape index (κ1) is 10.4. The van der Waals surface area contributed by atoms with Gasteiger partial charge in [0.15, 0.2) is 0 Å². The molecule has 0 radical (unpaired) electrons. The Hall–Kier alpha value is -1.16. The number of nitrogens with zero attached hydrogens (tertiary/aromatic N) is 3. The molecule has 0 unspecified atom stereocenters. The minimum atomic E-state index is 0.656. The summed E-state index contributed by atoms with van der Waals surface area (Å²) >= 11 is 0. The van der Waals surface area contributed by atoms with Gasteiger partial charge in [0.1, 0.15) is 0 Å². The monoisotopic (exact) mass is 206 g/mol. The summed E-state index contributed by atoms with van der Waals surface area (Å²) in [6.07, 6.45) is 7.19. The number of hydrogen-bond donors (Lipinski definition) is 1. The van der Waals surface area contributed by atoms with E-state index in [4.69, 9.17) is 5.73 Å². The van der Waals surface area contributed by atoms with Crippen molar-refractivity contribution >= 4 is 5.95 Å². The van der Waals surface area contributed by atoms with Crippen LogP contribution in [-0.2, 0) is 6.42 Å². The van der Waals surface area contributed by atoms with E-state index in [2.05, 4.69) is 21.8 Å². The lowest BCUT2D eigenvalue weighted by molar-refractivity contribution is 0.782. The lowest BCUT2D eigenvalue weighted by Gasteiger charge is -2.19. The number of rotatable bonds is 5. The van der Waals surface area contributed by atoms with Gasteiger partial charge in [-0.1, -0.05) is 0 Å². The highest BCUT2D eigenvalue weighted by Gasteiger charge is 2.29. The van der Waals surface area contributed by atoms with Crippen molar-refractivity contribution in [2.24, 2.45) is 5.73 Å². The summed E-state index contributed by atoms with van der Waals surface area (Å²) in [6.45, 7) is 3.79. The Labute approximate surface area is 90.5 Å². The van der Waals surface area contributed by atoms with Gasteiger partial charge in [0, 0.05) is 25.0 Å². The first-order valence-corrected chi connectivity index (χ1v) is 5.62. The van der Waals surface area contributed by atoms with E-state index in [-0.39, 0.29) is 0 Å². The van der Waals surface area contributed by atoms with Gasteiger partial charge >= 0.3 is 0 Å². The number of nitrogens with two attached hydrogens (primary N) is 1. The van der Waals surface area contributed by atoms with Crippen LogP contribution >= 0.6 is 0 Å². The van der Waals surface area contributed by atoms with Crippen molar-refractivity contribution < 1.29 is 0 Å². The molecule has 4 nitrogen and oxygen atoms in total. The molecule has 2 rings (SSSR count). The van der Waals surface area contributed by atoms with Crippen molar-refractivity contribution in [2.75, 3.05) is 18.0 Å². The zero-order chi connectivity index (χ0) is 10.7. The maximum Gasteiger partial charge on any atom is 0.225 e. The van der Waals surface area contributed by atoms with E-state index in [0.29, 0.717) is 12.6 Å². The van der Waals surface area contributed by atoms with Gasteiger partial charge in [-0.15, -0.1) is 0 Å². The van der Waals surface area contributed by atoms with Gasteiger partial charge in [0.05, 0.1) is 0 Å². The van der Waals surface area contributed by atoms with Crippen LogP contribution in [0.25, 0.3) is 0 Å². The van der Waals surface area contributed by atoms with Gasteiger partial charge in [-0.05, 0) is 38.3 Å². The van der Waals surface area contributed by atoms with Crippen molar-refractivity contribution in [1.29, 1.82) is 0 Å². The SMILES string of the molecule is CCN(c1ncc(CCN)cn1)C1CC1. The number of hydrogen-bond acceptors (Lipinski definition) is 4. The normalized spacial score (nSPS) is 15.3. The van der Waals surface area contributed by atoms with Crippen molar-refractivity contribution in [3.8, 4) is 0 Å². The Morgan fingerprint density at radius 3 is 2.53 bits per heavy atom. The van der Waals surface area contributed by atoms with Crippen LogP contribution in [0.15, 0.2) is 12.4 Å². The lowest BCUT2D eigenvalue weighted by Crippen LogP contribution is -2.27. The van der Waals surface area contributed by atoms with E-state index in [0.717, 1.165) is 24.5 Å². The van der Waals surface area contributed by atoms with E-state index in [9.17, 15) is 0 Å². The molecule has 2 N–H and O–H groups in total. The summed E-state index contributed by atoms with van der Waals surface area (Å²) in [5.74, 6) is 0.862. The van der Waals surface area contributed by atoms with Crippen LogP contribution in [0.4, 0.5) is 5.95 Å². The molecule has 0 bridgehead atoms. The van der Waals surface area contributed by atoms with Crippen LogP contribution in [0, 0.1) is 0 Å². The molecule has 1 aliphatic rings. The second-order valence-corrected chi connectivity index (χ2v) is 3.95. The molecule has 0 atom stereocenters. The summed E-state index contributed by atoms with van der Waals surface area (Å²) in [5.41, 5.74) is 6.60. The molecule has 0 amide bonds. The van der Waals surface area contributed by atoms with Gasteiger partial charge in [0.2, 0.25) is 5.95 Å². The van der Waals surface area contributed by atoms with E-state index in [1.807, 2.05) is 12.4 Å². The second kappa shape index (κ2) is 4.57. The maximum atomic E-state index is 5.48. The Bertz CT molecular complexity index is 305. The van der Waals surface area contributed by atoms with Crippen molar-refractivity contribution in [3.63, 3.8) is 0 Å². The van der Waals surface area contributed by atoms with Crippen LogP contribution in [0.5, 0.6) is 0 Å². The Morgan fingerprint density at radius 1 is 1.40 bits per heavy atom. The van der Waals surface area contributed by atoms with E-state index in [1.54, 1.807) is 0 Å². The van der Waals surface area contributed by atoms with Gasteiger partial charge in [-0.25, -0.2) is 9.97 Å². The standard InChI is InChI=1S/C11H18N4/c1-2-15(10-3-4-10)11-13-7-9(5-6-12)8-14-11/h7-8,10H,2-6,12H2,1H3. The Kier molecular flexibility index (Phi) is 3.16. The fourth-order valence-corrected chi connectivity index (χ4v) is 1.74. The van der Waals surface area contributed by atoms with Crippen molar-refractivity contribution in [2.45, 2.75) is 32.2 Å². The molecule has 82 valence electrons. The fourth-order valence-electron chi connectivity index (χ4n) is 1.74. The summed E-state index contributed by atoms with van der Waals surface area (Å²) < 4.78 is 0. The maximum absolute atomic E-state index is 5.48. The molecule has 0 saturated heterocycles. The first-order chi connectivity index (χ1) is 7.35. The predicted octanol–water partition coefficient (Wildman–Crippen LogP) is 0.966. The van der Waals surface area contributed by atoms with Gasteiger partial charge in [-0.3, -0.25) is 0 Å². The van der Waals surface area contributed by atoms with Crippen LogP contribution < -0.4 is 10.6 Å². The molecule has 0 aromatic carbocycles. The molecule has 4 heteroatoms. The van der Waals surface area contributed by atoms with E-state index in [1.165, 1.54) is 12.8 Å². The van der Waals surface area contributed by atoms with Crippen LogP contribution in [-0.4, -0.2) is 29.1 Å². The summed E-state index contributed by atoms with van der Waals surface area (Å²) in [4.78, 5) is 11.0. The highest BCUT2D eigenvalue weighted by molar-refractivity contribution is 5.33. The zero-order valence-corrected chi connectivity index (χ0v) is 9.19. The molecule has 1 aromatic rings. The Morgan fingerprint density at radius 2 is 2.07 bits per heavy atom. The fraction of sp³-hybridized carbons (Fsp3) is 0.636. The van der Waals surface area contributed by atoms with E-state index >= 15 is 0 Å². The van der Waals surface area contributed by atoms with Gasteiger partial charge in [-0.2, -0.15) is 0 Å². The summed E-state index contributed by atoms with van der Waals surface area (Å²) in [7, 11) is 0. The number of anilines is 1. The molecule has 1 aliphatic carbocycles. The predicted molar refractivity (Wildman–Crippen MR) is 60.8 cm³/mol. The van der Waals surface area contributed by atoms with Crippen LogP contribution in [0.1, 0.15) is 25.3 Å². The van der Waals surface area contributed by atoms with E-state index < -0.39 is 0 Å². The molecule has 0 aliphatic heterocycles. The van der Waals surface area contributed by atoms with Crippen molar-refractivity contribution in [1.82, 2.24) is 9.97 Å². The van der Waals surface area contributed by atoms with Crippen LogP contribution in [0.3, 0.4) is 0 Å². The average Bonchev–Trinajstić information content (AvgIpc) is 3.06. The molecular formula is C11H18N4. The molecule has 1 saturated carbocycles. The van der Waals surface area contributed by atoms with Gasteiger partial charge in [0.25, 0.3) is 0 Å². The third-order valence-electron chi connectivity index (χ3n) is 2.71. The van der Waals surface area contributed by atoms with Crippen LogP contribution in [0.2, 0.25) is 0 Å². The lowest BCUT2D eigenvalue weighted by atomic mass is 10.2. The minimum absolute atomic E-state index is 0.656. The summed E-state index contributed by atoms with van der Waals surface area (Å²) in [6, 6.07) is 0.676. The summed E-state index contributed by atoms with van der Waals surface area (Å²) in [5, 5.41) is 0. The minimum Gasteiger partial charge on any atom is -0.338 e. The second-order valence-electron chi connectivity index (χ2n) is 3.95. The van der Waals surface area contributed by atoms with Crippen molar-refractivity contribution in [3.05, 3.63) is 18.0 Å². The number of aromatic nitrogens is 2. The first-order valence-electron chi connectivity index (χ1n) is 5.62. The third kappa shape index (κ3) is 2.45. The highest BCUT2D eigenvalue weighted by atomic mass is 15.3. The largest absolute Gasteiger partial charge is 0.338 e. The zero-order valence-electron chi connectivity index (χ0n) is 9.19. The quantitative estimate of drug-likeness (QED) is 0.780. The molecule has 15 heavy (non-hydrogen) atoms. The molecule has 0 spiro atoms. The molecule has 1 fully saturated rings. The third-order valence-corrected chi connectivity index (χ3v) is 2.71. The van der Waals surface area contributed by atoms with Gasteiger partial charge < -0.3 is 10.6 Å². The molecule has 1 aromatic heterocycles.